The minimum absolute atomic E-state index is 0.00399. The van der Waals surface area contributed by atoms with Gasteiger partial charge in [0.05, 0.1) is 10.6 Å². The van der Waals surface area contributed by atoms with Crippen LogP contribution in [-0.2, 0) is 10.0 Å². The summed E-state index contributed by atoms with van der Waals surface area (Å²) in [5.74, 6) is -1.13. The highest BCUT2D eigenvalue weighted by molar-refractivity contribution is 7.92. The topological polar surface area (TPSA) is 83.5 Å². The first-order chi connectivity index (χ1) is 7.99. The van der Waals surface area contributed by atoms with Crippen molar-refractivity contribution in [2.24, 2.45) is 0 Å². The van der Waals surface area contributed by atoms with E-state index in [0.29, 0.717) is 5.69 Å². The second-order valence-electron chi connectivity index (χ2n) is 3.07. The fourth-order valence-corrected chi connectivity index (χ4v) is 3.93. The van der Waals surface area contributed by atoms with E-state index in [1.165, 1.54) is 16.7 Å². The molecule has 2 heterocycles. The van der Waals surface area contributed by atoms with Crippen LogP contribution >= 0.6 is 22.7 Å². The molecule has 0 spiro atoms. The molecule has 0 bridgehead atoms. The van der Waals surface area contributed by atoms with Gasteiger partial charge >= 0.3 is 5.97 Å². The Morgan fingerprint density at radius 2 is 2.12 bits per heavy atom. The van der Waals surface area contributed by atoms with Crippen LogP contribution in [0, 0.1) is 0 Å². The molecule has 0 atom stereocenters. The summed E-state index contributed by atoms with van der Waals surface area (Å²) in [7, 11) is -3.69. The Bertz CT molecular complexity index is 627. The Morgan fingerprint density at radius 1 is 1.35 bits per heavy atom. The van der Waals surface area contributed by atoms with Gasteiger partial charge < -0.3 is 5.11 Å². The van der Waals surface area contributed by atoms with Crippen molar-refractivity contribution in [3.8, 4) is 0 Å². The molecule has 2 aromatic rings. The van der Waals surface area contributed by atoms with Crippen LogP contribution in [-0.4, -0.2) is 19.5 Å². The molecule has 0 aliphatic heterocycles. The van der Waals surface area contributed by atoms with Gasteiger partial charge in [0.2, 0.25) is 0 Å². The van der Waals surface area contributed by atoms with Crippen LogP contribution in [0.25, 0.3) is 0 Å². The highest BCUT2D eigenvalue weighted by Gasteiger charge is 2.18. The summed E-state index contributed by atoms with van der Waals surface area (Å²) >= 11 is 2.25. The summed E-state index contributed by atoms with van der Waals surface area (Å²) in [6, 6.07) is 2.77. The largest absolute Gasteiger partial charge is 0.477 e. The molecule has 2 aromatic heterocycles. The number of carboxylic acid groups (broad SMARTS) is 1. The van der Waals surface area contributed by atoms with Gasteiger partial charge in [0, 0.05) is 10.8 Å². The zero-order valence-corrected chi connectivity index (χ0v) is 10.7. The van der Waals surface area contributed by atoms with E-state index >= 15 is 0 Å². The average Bonchev–Trinajstić information content (AvgIpc) is 2.84. The van der Waals surface area contributed by atoms with Crippen molar-refractivity contribution >= 4 is 44.4 Å². The minimum atomic E-state index is -3.69. The third kappa shape index (κ3) is 2.65. The van der Waals surface area contributed by atoms with Crippen molar-refractivity contribution < 1.29 is 18.3 Å². The van der Waals surface area contributed by atoms with Crippen molar-refractivity contribution in [2.75, 3.05) is 4.72 Å². The van der Waals surface area contributed by atoms with Gasteiger partial charge in [-0.25, -0.2) is 13.2 Å². The summed E-state index contributed by atoms with van der Waals surface area (Å²) < 4.78 is 26.0. The third-order valence-corrected chi connectivity index (χ3v) is 4.98. The van der Waals surface area contributed by atoms with Gasteiger partial charge in [-0.1, -0.05) is 0 Å². The lowest BCUT2D eigenvalue weighted by Crippen LogP contribution is -2.11. The number of anilines is 1. The van der Waals surface area contributed by atoms with Gasteiger partial charge in [0.15, 0.2) is 0 Å². The smallest absolute Gasteiger partial charge is 0.345 e. The number of thiophene rings is 2. The van der Waals surface area contributed by atoms with E-state index in [1.54, 1.807) is 16.8 Å². The van der Waals surface area contributed by atoms with Crippen molar-refractivity contribution in [2.45, 2.75) is 4.90 Å². The number of hydrogen-bond acceptors (Lipinski definition) is 5. The Labute approximate surface area is 105 Å². The quantitative estimate of drug-likeness (QED) is 0.904. The standard InChI is InChI=1S/C9H7NO4S3/c11-9(12)8-3-7(5-16-8)17(13,14)10-6-1-2-15-4-6/h1-5,10H,(H,11,12). The van der Waals surface area contributed by atoms with Gasteiger partial charge in [-0.2, -0.15) is 11.3 Å². The lowest BCUT2D eigenvalue weighted by Gasteiger charge is -2.02. The minimum Gasteiger partial charge on any atom is -0.477 e. The molecule has 0 fully saturated rings. The molecule has 8 heteroatoms. The molecule has 0 amide bonds. The van der Waals surface area contributed by atoms with E-state index in [0.717, 1.165) is 17.4 Å². The van der Waals surface area contributed by atoms with Gasteiger partial charge in [-0.3, -0.25) is 4.72 Å². The number of carbonyl (C=O) groups is 1. The number of sulfonamides is 1. The van der Waals surface area contributed by atoms with Crippen molar-refractivity contribution in [3.05, 3.63) is 33.2 Å². The molecular formula is C9H7NO4S3. The molecule has 17 heavy (non-hydrogen) atoms. The summed E-state index contributed by atoms with van der Waals surface area (Å²) in [6.45, 7) is 0. The summed E-state index contributed by atoms with van der Waals surface area (Å²) in [5.41, 5.74) is 0.470. The van der Waals surface area contributed by atoms with E-state index in [2.05, 4.69) is 4.72 Å². The molecule has 0 aliphatic carbocycles. The highest BCUT2D eigenvalue weighted by Crippen LogP contribution is 2.22. The highest BCUT2D eigenvalue weighted by atomic mass is 32.2. The third-order valence-electron chi connectivity index (χ3n) is 1.87. The lowest BCUT2D eigenvalue weighted by atomic mass is 10.5. The fourth-order valence-electron chi connectivity index (χ4n) is 1.11. The molecule has 0 unspecified atom stereocenters. The second-order valence-corrected chi connectivity index (χ2v) is 6.44. The molecule has 0 saturated heterocycles. The summed E-state index contributed by atoms with van der Waals surface area (Å²) in [6.07, 6.45) is 0. The summed E-state index contributed by atoms with van der Waals surface area (Å²) in [4.78, 5) is 10.6. The van der Waals surface area contributed by atoms with Crippen LogP contribution in [0.1, 0.15) is 9.67 Å². The Morgan fingerprint density at radius 3 is 2.65 bits per heavy atom. The first-order valence-electron chi connectivity index (χ1n) is 4.36. The number of rotatable bonds is 4. The molecular weight excluding hydrogens is 282 g/mol. The Hall–Kier alpha value is -1.38. The normalized spacial score (nSPS) is 11.3. The van der Waals surface area contributed by atoms with Crippen molar-refractivity contribution in [3.63, 3.8) is 0 Å². The number of aromatic carboxylic acids is 1. The van der Waals surface area contributed by atoms with E-state index in [9.17, 15) is 13.2 Å². The molecule has 2 rings (SSSR count). The summed E-state index contributed by atoms with van der Waals surface area (Å²) in [5, 5.41) is 13.4. The maximum Gasteiger partial charge on any atom is 0.345 e. The molecule has 0 saturated carbocycles. The Kier molecular flexibility index (Phi) is 3.18. The fraction of sp³-hybridized carbons (Fsp3) is 0. The van der Waals surface area contributed by atoms with E-state index < -0.39 is 16.0 Å². The number of hydrogen-bond donors (Lipinski definition) is 2. The van der Waals surface area contributed by atoms with Crippen LogP contribution in [0.3, 0.4) is 0 Å². The average molecular weight is 289 g/mol. The molecule has 90 valence electrons. The molecule has 0 aliphatic rings. The first-order valence-corrected chi connectivity index (χ1v) is 7.66. The number of nitrogens with one attached hydrogen (secondary N) is 1. The molecule has 2 N–H and O–H groups in total. The van der Waals surface area contributed by atoms with E-state index in [4.69, 9.17) is 5.11 Å². The zero-order valence-electron chi connectivity index (χ0n) is 8.28. The predicted molar refractivity (Wildman–Crippen MR) is 66.4 cm³/mol. The van der Waals surface area contributed by atoms with Crippen LogP contribution in [0.15, 0.2) is 33.2 Å². The van der Waals surface area contributed by atoms with E-state index in [-0.39, 0.29) is 9.77 Å². The van der Waals surface area contributed by atoms with Gasteiger partial charge in [0.1, 0.15) is 4.88 Å². The van der Waals surface area contributed by atoms with Crippen LogP contribution in [0.4, 0.5) is 5.69 Å². The van der Waals surface area contributed by atoms with Gasteiger partial charge in [-0.05, 0) is 17.5 Å². The number of carboxylic acids is 1. The first kappa shape index (κ1) is 12.1. The monoisotopic (exact) mass is 289 g/mol. The maximum atomic E-state index is 11.8. The van der Waals surface area contributed by atoms with Gasteiger partial charge in [0.25, 0.3) is 10.0 Å². The molecule has 0 aromatic carbocycles. The van der Waals surface area contributed by atoms with Crippen LogP contribution in [0.2, 0.25) is 0 Å². The van der Waals surface area contributed by atoms with Crippen molar-refractivity contribution in [1.82, 2.24) is 0 Å². The predicted octanol–water partition coefficient (Wildman–Crippen LogP) is 2.31. The van der Waals surface area contributed by atoms with Crippen molar-refractivity contribution in [1.29, 1.82) is 0 Å². The van der Waals surface area contributed by atoms with Crippen LogP contribution in [0.5, 0.6) is 0 Å². The molecule has 0 radical (unpaired) electrons. The van der Waals surface area contributed by atoms with Gasteiger partial charge in [-0.15, -0.1) is 11.3 Å². The van der Waals surface area contributed by atoms with Crippen LogP contribution < -0.4 is 4.72 Å². The SMILES string of the molecule is O=C(O)c1cc(S(=O)(=O)Nc2ccsc2)cs1. The Balaban J connectivity index is 2.28. The lowest BCUT2D eigenvalue weighted by molar-refractivity contribution is 0.0702. The van der Waals surface area contributed by atoms with E-state index in [1.807, 2.05) is 0 Å². The zero-order chi connectivity index (χ0) is 12.5. The maximum absolute atomic E-state index is 11.8. The molecule has 5 nitrogen and oxygen atoms in total. The second kappa shape index (κ2) is 4.47.